The zero-order chi connectivity index (χ0) is 27.6. The number of benzene rings is 1. The van der Waals surface area contributed by atoms with E-state index in [1.165, 1.54) is 6.08 Å². The maximum atomic E-state index is 14.3. The molecule has 0 bridgehead atoms. The lowest BCUT2D eigenvalue weighted by Crippen LogP contribution is -2.54. The third kappa shape index (κ3) is 5.52. The minimum absolute atomic E-state index is 0.0229. The molecule has 0 saturated carbocycles. The third-order valence-electron chi connectivity index (χ3n) is 8.56. The fourth-order valence-electron chi connectivity index (χ4n) is 6.49. The number of likely N-dealkylation sites (tertiary alicyclic amines) is 2. The van der Waals surface area contributed by atoms with Crippen molar-refractivity contribution in [3.63, 3.8) is 0 Å². The molecule has 0 spiro atoms. The normalized spacial score (nSPS) is 25.4. The number of pyridine rings is 1. The molecule has 3 unspecified atom stereocenters. The summed E-state index contributed by atoms with van der Waals surface area (Å²) in [7, 11) is 1.99. The van der Waals surface area contributed by atoms with Crippen LogP contribution in [0.5, 0.6) is 0 Å². The quantitative estimate of drug-likeness (QED) is 0.541. The summed E-state index contributed by atoms with van der Waals surface area (Å²) in [5.41, 5.74) is 4.39. The van der Waals surface area contributed by atoms with Crippen LogP contribution in [0.3, 0.4) is 0 Å². The highest BCUT2D eigenvalue weighted by Crippen LogP contribution is 2.38. The Morgan fingerprint density at radius 3 is 2.70 bits per heavy atom. The van der Waals surface area contributed by atoms with Gasteiger partial charge in [-0.15, -0.1) is 0 Å². The number of piperidine rings is 2. The van der Waals surface area contributed by atoms with Gasteiger partial charge >= 0.3 is 6.03 Å². The van der Waals surface area contributed by atoms with Crippen LogP contribution in [0, 0.1) is 5.92 Å². The van der Waals surface area contributed by atoms with E-state index in [-0.39, 0.29) is 48.4 Å². The Labute approximate surface area is 234 Å². The highest BCUT2D eigenvalue weighted by molar-refractivity contribution is 5.91. The molecule has 9 heteroatoms. The van der Waals surface area contributed by atoms with E-state index in [0.29, 0.717) is 26.1 Å². The molecule has 1 N–H and O–H groups in total. The Bertz CT molecular complexity index is 1330. The molecule has 210 valence electrons. The fourth-order valence-corrected chi connectivity index (χ4v) is 6.49. The molecule has 6 rings (SSSR count). The van der Waals surface area contributed by atoms with Gasteiger partial charge in [-0.2, -0.15) is 5.10 Å². The van der Waals surface area contributed by atoms with Gasteiger partial charge in [-0.1, -0.05) is 36.4 Å². The highest BCUT2D eigenvalue weighted by atomic mass is 19.1. The van der Waals surface area contributed by atoms with Crippen molar-refractivity contribution >= 4 is 11.7 Å². The van der Waals surface area contributed by atoms with Gasteiger partial charge in [-0.3, -0.25) is 14.9 Å². The molecule has 7 nitrogen and oxygen atoms in total. The first-order valence-corrected chi connectivity index (χ1v) is 14.3. The van der Waals surface area contributed by atoms with Crippen molar-refractivity contribution in [2.24, 2.45) is 11.0 Å². The summed E-state index contributed by atoms with van der Waals surface area (Å²) in [6.07, 6.45) is 6.55. The Kier molecular flexibility index (Phi) is 7.65. The van der Waals surface area contributed by atoms with E-state index in [1.54, 1.807) is 0 Å². The zero-order valence-corrected chi connectivity index (χ0v) is 22.9. The zero-order valence-electron chi connectivity index (χ0n) is 22.9. The fraction of sp³-hybridized carbons (Fsp3) is 0.452. The van der Waals surface area contributed by atoms with Crippen LogP contribution in [-0.4, -0.2) is 77.3 Å². The van der Waals surface area contributed by atoms with E-state index in [0.717, 1.165) is 48.3 Å². The summed E-state index contributed by atoms with van der Waals surface area (Å²) < 4.78 is 28.5. The van der Waals surface area contributed by atoms with Gasteiger partial charge in [0.1, 0.15) is 11.7 Å². The van der Waals surface area contributed by atoms with Crippen molar-refractivity contribution in [2.75, 3.05) is 39.8 Å². The van der Waals surface area contributed by atoms with Crippen molar-refractivity contribution < 1.29 is 13.6 Å². The molecule has 2 fully saturated rings. The number of aromatic nitrogens is 1. The second kappa shape index (κ2) is 11.5. The number of fused-ring (bicyclic) bond motifs is 1. The highest BCUT2D eigenvalue weighted by Gasteiger charge is 2.41. The molecule has 0 radical (unpaired) electrons. The van der Waals surface area contributed by atoms with Crippen LogP contribution in [0.2, 0.25) is 0 Å². The summed E-state index contributed by atoms with van der Waals surface area (Å²) in [5.74, 6) is -0.688. The minimum Gasteiger partial charge on any atom is -0.334 e. The third-order valence-corrected chi connectivity index (χ3v) is 8.56. The van der Waals surface area contributed by atoms with Crippen LogP contribution in [0.25, 0.3) is 11.3 Å². The van der Waals surface area contributed by atoms with Crippen molar-refractivity contribution in [3.05, 3.63) is 77.5 Å². The molecule has 1 aliphatic carbocycles. The number of rotatable bonds is 5. The summed E-state index contributed by atoms with van der Waals surface area (Å²) in [5, 5.41) is 10.0. The lowest BCUT2D eigenvalue weighted by molar-refractivity contribution is 0.156. The number of urea groups is 1. The maximum absolute atomic E-state index is 14.3. The number of hydrogen-bond donors (Lipinski definition) is 1. The second-order valence-corrected chi connectivity index (χ2v) is 11.3. The van der Waals surface area contributed by atoms with Gasteiger partial charge in [-0.25, -0.2) is 13.6 Å². The molecular weight excluding hydrogens is 510 g/mol. The lowest BCUT2D eigenvalue weighted by Gasteiger charge is -2.37. The number of hydrazone groups is 1. The van der Waals surface area contributed by atoms with E-state index >= 15 is 0 Å². The van der Waals surface area contributed by atoms with Crippen LogP contribution < -0.4 is 5.32 Å². The number of nitrogens with zero attached hydrogens (tertiary/aromatic N) is 5. The number of hydrogen-bond acceptors (Lipinski definition) is 5. The number of carbonyl (C=O) groups is 1. The lowest BCUT2D eigenvalue weighted by atomic mass is 9.86. The molecule has 2 saturated heterocycles. The van der Waals surface area contributed by atoms with Crippen LogP contribution in [0.4, 0.5) is 13.6 Å². The van der Waals surface area contributed by atoms with Gasteiger partial charge in [-0.05, 0) is 43.5 Å². The Balaban J connectivity index is 1.08. The van der Waals surface area contributed by atoms with Gasteiger partial charge in [0, 0.05) is 81.1 Å². The molecule has 3 aliphatic heterocycles. The van der Waals surface area contributed by atoms with Crippen LogP contribution in [-0.2, 0) is 0 Å². The molecular formula is C31H36F2N6O. The van der Waals surface area contributed by atoms with Gasteiger partial charge < -0.3 is 10.2 Å². The monoisotopic (exact) mass is 546 g/mol. The SMILES string of the molecule is CN1N=C2CCN(C(=O)NC3CCCN(CC4=C(F)CCC=C4F)C3)CC2C1c1ccc(-c2ccccc2)nc1. The van der Waals surface area contributed by atoms with E-state index in [4.69, 9.17) is 10.1 Å². The summed E-state index contributed by atoms with van der Waals surface area (Å²) >= 11 is 0. The summed E-state index contributed by atoms with van der Waals surface area (Å²) in [6.45, 7) is 2.82. The van der Waals surface area contributed by atoms with Crippen LogP contribution in [0.1, 0.15) is 43.7 Å². The predicted molar refractivity (Wildman–Crippen MR) is 152 cm³/mol. The van der Waals surface area contributed by atoms with Gasteiger partial charge in [0.15, 0.2) is 0 Å². The first kappa shape index (κ1) is 26.6. The Hall–Kier alpha value is -3.59. The largest absolute Gasteiger partial charge is 0.334 e. The number of allylic oxidation sites excluding steroid dienone is 2. The van der Waals surface area contributed by atoms with Crippen LogP contribution in [0.15, 0.2) is 77.1 Å². The average molecular weight is 547 g/mol. The standard InChI is InChI=1S/C31H36F2N6O/c1-37-30(22-12-13-28(34-17-22)21-7-3-2-4-8-21)25-20-39(16-14-29(25)36-37)31(40)35-23-9-6-15-38(18-23)19-24-26(32)10-5-11-27(24)33/h2-4,7-8,10,12-13,17,23,25,30H,5-6,9,11,14-16,18-20H2,1H3,(H,35,40). The number of amides is 2. The second-order valence-electron chi connectivity index (χ2n) is 11.3. The van der Waals surface area contributed by atoms with Crippen molar-refractivity contribution in [1.82, 2.24) is 25.1 Å². The summed E-state index contributed by atoms with van der Waals surface area (Å²) in [4.78, 5) is 22.0. The minimum atomic E-state index is -0.443. The number of halogens is 2. The Morgan fingerprint density at radius 2 is 1.93 bits per heavy atom. The van der Waals surface area contributed by atoms with Crippen molar-refractivity contribution in [3.8, 4) is 11.3 Å². The topological polar surface area (TPSA) is 64.1 Å². The molecule has 4 aliphatic rings. The van der Waals surface area contributed by atoms with E-state index in [1.807, 2.05) is 41.4 Å². The van der Waals surface area contributed by atoms with E-state index < -0.39 is 5.83 Å². The van der Waals surface area contributed by atoms with E-state index in [9.17, 15) is 13.6 Å². The van der Waals surface area contributed by atoms with Gasteiger partial charge in [0.2, 0.25) is 0 Å². The maximum Gasteiger partial charge on any atom is 0.317 e. The number of carbonyl (C=O) groups excluding carboxylic acids is 1. The average Bonchev–Trinajstić information content (AvgIpc) is 3.30. The molecule has 3 atom stereocenters. The predicted octanol–water partition coefficient (Wildman–Crippen LogP) is 5.46. The molecule has 4 heterocycles. The van der Waals surface area contributed by atoms with Gasteiger partial charge in [0.25, 0.3) is 0 Å². The van der Waals surface area contributed by atoms with Crippen LogP contribution >= 0.6 is 0 Å². The molecule has 2 aromatic rings. The first-order valence-electron chi connectivity index (χ1n) is 14.3. The number of nitrogens with one attached hydrogen (secondary N) is 1. The molecule has 40 heavy (non-hydrogen) atoms. The van der Waals surface area contributed by atoms with Gasteiger partial charge in [0.05, 0.1) is 11.7 Å². The molecule has 2 amide bonds. The van der Waals surface area contributed by atoms with E-state index in [2.05, 4.69) is 34.5 Å². The Morgan fingerprint density at radius 1 is 1.07 bits per heavy atom. The first-order chi connectivity index (χ1) is 19.5. The van der Waals surface area contributed by atoms with Crippen molar-refractivity contribution in [1.29, 1.82) is 0 Å². The molecule has 1 aromatic carbocycles. The molecule has 1 aromatic heterocycles. The smallest absolute Gasteiger partial charge is 0.317 e. The summed E-state index contributed by atoms with van der Waals surface area (Å²) in [6, 6.07) is 14.2. The van der Waals surface area contributed by atoms with Crippen molar-refractivity contribution in [2.45, 2.75) is 44.2 Å².